The fraction of sp³-hybridized carbons (Fsp3) is 0.333. The largest absolute Gasteiger partial charge is 0.495 e. The molecule has 1 aliphatic heterocycles. The summed E-state index contributed by atoms with van der Waals surface area (Å²) in [5.41, 5.74) is 0.266. The van der Waals surface area contributed by atoms with Crippen LogP contribution in [0.3, 0.4) is 0 Å². The quantitative estimate of drug-likeness (QED) is 0.493. The summed E-state index contributed by atoms with van der Waals surface area (Å²) >= 11 is 0. The van der Waals surface area contributed by atoms with Crippen molar-refractivity contribution in [3.8, 4) is 11.8 Å². The van der Waals surface area contributed by atoms with Crippen molar-refractivity contribution in [3.63, 3.8) is 0 Å². The molecule has 1 aromatic heterocycles. The summed E-state index contributed by atoms with van der Waals surface area (Å²) in [6.07, 6.45) is -2.66. The molecule has 11 heteroatoms. The minimum Gasteiger partial charge on any atom is -0.495 e. The van der Waals surface area contributed by atoms with Crippen LogP contribution in [-0.2, 0) is 13.0 Å². The van der Waals surface area contributed by atoms with Gasteiger partial charge in [0.15, 0.2) is 0 Å². The number of carbonyl (C=O) groups excluding carboxylic acids is 2. The van der Waals surface area contributed by atoms with Crippen molar-refractivity contribution in [2.75, 3.05) is 17.3 Å². The predicted molar refractivity (Wildman–Crippen MR) is 132 cm³/mol. The summed E-state index contributed by atoms with van der Waals surface area (Å²) in [6, 6.07) is 12.7. The number of benzene rings is 2. The SMILES string of the molecule is COc1ccc(C(=O)Nc2cnn3c2C(=O)N(c2ccc(CC4(C(F)(F)F)CC4)cc2)[C@@H](C)C3)cc1C#N. The summed E-state index contributed by atoms with van der Waals surface area (Å²) in [6.45, 7) is 2.20. The van der Waals surface area contributed by atoms with Crippen molar-refractivity contribution in [1.29, 1.82) is 5.26 Å². The fourth-order valence-electron chi connectivity index (χ4n) is 4.87. The second-order valence-corrected chi connectivity index (χ2v) is 9.72. The zero-order valence-electron chi connectivity index (χ0n) is 20.7. The highest BCUT2D eigenvalue weighted by Gasteiger charge is 2.62. The first-order chi connectivity index (χ1) is 18.1. The summed E-state index contributed by atoms with van der Waals surface area (Å²) in [4.78, 5) is 28.0. The molecule has 1 N–H and O–H groups in total. The zero-order chi connectivity index (χ0) is 27.2. The average molecular weight is 524 g/mol. The summed E-state index contributed by atoms with van der Waals surface area (Å²) in [7, 11) is 1.42. The van der Waals surface area contributed by atoms with Crippen molar-refractivity contribution in [2.24, 2.45) is 5.41 Å². The molecule has 0 spiro atoms. The van der Waals surface area contributed by atoms with Crippen molar-refractivity contribution < 1.29 is 27.5 Å². The minimum absolute atomic E-state index is 0.0812. The number of amides is 2. The van der Waals surface area contributed by atoms with Crippen LogP contribution in [0.5, 0.6) is 5.75 Å². The summed E-state index contributed by atoms with van der Waals surface area (Å²) < 4.78 is 46.7. The van der Waals surface area contributed by atoms with Crippen LogP contribution in [0.15, 0.2) is 48.7 Å². The normalized spacial score (nSPS) is 17.9. The molecule has 1 saturated carbocycles. The molecule has 0 bridgehead atoms. The number of methoxy groups -OCH3 is 1. The van der Waals surface area contributed by atoms with E-state index in [0.29, 0.717) is 23.5 Å². The van der Waals surface area contributed by atoms with E-state index in [2.05, 4.69) is 10.4 Å². The Bertz CT molecular complexity index is 1450. The lowest BCUT2D eigenvalue weighted by atomic mass is 9.95. The fourth-order valence-corrected chi connectivity index (χ4v) is 4.87. The van der Waals surface area contributed by atoms with Crippen molar-refractivity contribution in [3.05, 3.63) is 71.0 Å². The topological polar surface area (TPSA) is 100 Å². The molecule has 2 aromatic carbocycles. The lowest BCUT2D eigenvalue weighted by molar-refractivity contribution is -0.186. The van der Waals surface area contributed by atoms with Gasteiger partial charge in [0.1, 0.15) is 17.5 Å². The molecule has 196 valence electrons. The molecule has 1 aliphatic carbocycles. The van der Waals surface area contributed by atoms with Crippen LogP contribution in [-0.4, -0.2) is 40.9 Å². The first kappa shape index (κ1) is 25.3. The Kier molecular flexibility index (Phi) is 6.13. The highest BCUT2D eigenvalue weighted by atomic mass is 19.4. The molecule has 3 aromatic rings. The van der Waals surface area contributed by atoms with Crippen molar-refractivity contribution >= 4 is 23.2 Å². The van der Waals surface area contributed by atoms with Gasteiger partial charge >= 0.3 is 6.18 Å². The molecule has 8 nitrogen and oxygen atoms in total. The van der Waals surface area contributed by atoms with E-state index in [1.54, 1.807) is 29.2 Å². The van der Waals surface area contributed by atoms with Crippen LogP contribution in [0.2, 0.25) is 0 Å². The number of hydrogen-bond acceptors (Lipinski definition) is 5. The number of nitrogens with zero attached hydrogens (tertiary/aromatic N) is 4. The van der Waals surface area contributed by atoms with E-state index in [-0.39, 0.29) is 47.8 Å². The molecule has 1 fully saturated rings. The van der Waals surface area contributed by atoms with Crippen LogP contribution in [0.4, 0.5) is 24.5 Å². The Labute approximate surface area is 216 Å². The number of carbonyl (C=O) groups is 2. The lowest BCUT2D eigenvalue weighted by Gasteiger charge is -2.34. The molecule has 2 aliphatic rings. The maximum Gasteiger partial charge on any atom is 0.394 e. The van der Waals surface area contributed by atoms with Gasteiger partial charge in [0.25, 0.3) is 11.8 Å². The molecule has 5 rings (SSSR count). The van der Waals surface area contributed by atoms with E-state index < -0.39 is 23.4 Å². The molecular formula is C27H24F3N5O3. The van der Waals surface area contributed by atoms with Crippen LogP contribution >= 0.6 is 0 Å². The van der Waals surface area contributed by atoms with E-state index in [1.165, 1.54) is 36.2 Å². The average Bonchev–Trinajstić information content (AvgIpc) is 3.58. The number of ether oxygens (including phenoxy) is 1. The Balaban J connectivity index is 1.36. The number of hydrogen-bond donors (Lipinski definition) is 1. The summed E-state index contributed by atoms with van der Waals surface area (Å²) in [5.74, 6) is -0.588. The second kappa shape index (κ2) is 9.20. The van der Waals surface area contributed by atoms with Gasteiger partial charge in [-0.15, -0.1) is 0 Å². The summed E-state index contributed by atoms with van der Waals surface area (Å²) in [5, 5.41) is 16.3. The van der Waals surface area contributed by atoms with E-state index >= 15 is 0 Å². The maximum atomic E-state index is 13.6. The first-order valence-electron chi connectivity index (χ1n) is 12.0. The molecular weight excluding hydrogens is 499 g/mol. The third-order valence-corrected chi connectivity index (χ3v) is 7.18. The van der Waals surface area contributed by atoms with Crippen LogP contribution in [0.1, 0.15) is 51.7 Å². The Hall–Kier alpha value is -4.33. The molecule has 0 unspecified atom stereocenters. The van der Waals surface area contributed by atoms with Crippen molar-refractivity contribution in [1.82, 2.24) is 9.78 Å². The highest BCUT2D eigenvalue weighted by molar-refractivity contribution is 6.13. The van der Waals surface area contributed by atoms with Gasteiger partial charge in [0.05, 0.1) is 42.6 Å². The van der Waals surface area contributed by atoms with Gasteiger partial charge in [-0.25, -0.2) is 0 Å². The van der Waals surface area contributed by atoms with E-state index in [9.17, 15) is 28.0 Å². The first-order valence-corrected chi connectivity index (χ1v) is 12.0. The van der Waals surface area contributed by atoms with E-state index in [1.807, 2.05) is 13.0 Å². The van der Waals surface area contributed by atoms with Gasteiger partial charge in [-0.1, -0.05) is 12.1 Å². The second-order valence-electron chi connectivity index (χ2n) is 9.72. The number of rotatable bonds is 6. The smallest absolute Gasteiger partial charge is 0.394 e. The Morgan fingerprint density at radius 2 is 1.95 bits per heavy atom. The molecule has 38 heavy (non-hydrogen) atoms. The molecule has 0 radical (unpaired) electrons. The standard InChI is InChI=1S/C27H24F3N5O3/c1-16-15-34-23(21(14-32-34)33-24(36)18-5-8-22(38-2)19(11-18)13-31)25(37)35(16)20-6-3-17(4-7-20)12-26(9-10-26)27(28,29)30/h3-8,11,14,16H,9-10,12,15H2,1-2H3,(H,33,36)/t16-/m0/s1. The van der Waals surface area contributed by atoms with E-state index in [0.717, 1.165) is 0 Å². The molecule has 2 amide bonds. The van der Waals surface area contributed by atoms with Crippen molar-refractivity contribution in [2.45, 2.75) is 44.9 Å². The lowest BCUT2D eigenvalue weighted by Crippen LogP contribution is -2.47. The zero-order valence-corrected chi connectivity index (χ0v) is 20.7. The van der Waals surface area contributed by atoms with Crippen LogP contribution in [0.25, 0.3) is 0 Å². The Morgan fingerprint density at radius 1 is 1.24 bits per heavy atom. The number of fused-ring (bicyclic) bond motifs is 1. The molecule has 2 heterocycles. The van der Waals surface area contributed by atoms with Gasteiger partial charge in [0.2, 0.25) is 0 Å². The maximum absolute atomic E-state index is 13.6. The number of nitriles is 1. The third-order valence-electron chi connectivity index (χ3n) is 7.18. The number of anilines is 2. The predicted octanol–water partition coefficient (Wildman–Crippen LogP) is 4.95. The molecule has 1 atom stereocenters. The van der Waals surface area contributed by atoms with Crippen LogP contribution in [0, 0.1) is 16.7 Å². The van der Waals surface area contributed by atoms with Gasteiger partial charge in [-0.2, -0.15) is 23.5 Å². The number of alkyl halides is 3. The monoisotopic (exact) mass is 523 g/mol. The highest BCUT2D eigenvalue weighted by Crippen LogP contribution is 2.59. The number of halogens is 3. The molecule has 0 saturated heterocycles. The van der Waals surface area contributed by atoms with Gasteiger partial charge in [-0.3, -0.25) is 14.3 Å². The van der Waals surface area contributed by atoms with Crippen LogP contribution < -0.4 is 15.0 Å². The van der Waals surface area contributed by atoms with Gasteiger partial charge in [0, 0.05) is 11.3 Å². The van der Waals surface area contributed by atoms with Gasteiger partial charge < -0.3 is 15.0 Å². The van der Waals surface area contributed by atoms with E-state index in [4.69, 9.17) is 4.74 Å². The minimum atomic E-state index is -4.23. The Morgan fingerprint density at radius 3 is 2.55 bits per heavy atom. The number of aromatic nitrogens is 2. The van der Waals surface area contributed by atoms with Gasteiger partial charge in [-0.05, 0) is 62.1 Å². The third kappa shape index (κ3) is 4.36. The number of nitrogens with one attached hydrogen (secondary N) is 1.